The van der Waals surface area contributed by atoms with Crippen LogP contribution in [0.4, 0.5) is 0 Å². The second-order valence-electron chi connectivity index (χ2n) is 39.3. The van der Waals surface area contributed by atoms with E-state index in [-0.39, 0.29) is 197 Å². The summed E-state index contributed by atoms with van der Waals surface area (Å²) >= 11 is 0. The first-order chi connectivity index (χ1) is 67.7. The molecule has 4 saturated heterocycles. The van der Waals surface area contributed by atoms with Crippen molar-refractivity contribution >= 4 is 80.5 Å². The Morgan fingerprint density at radius 3 is 1.25 bits per heavy atom. The zero-order valence-electron chi connectivity index (χ0n) is 94.8. The molecule has 0 radical (unpaired) electrons. The van der Waals surface area contributed by atoms with Crippen molar-refractivity contribution in [2.24, 2.45) is 88.6 Å². The number of aliphatic hydroxyl groups excluding tert-OH is 6. The van der Waals surface area contributed by atoms with Gasteiger partial charge in [-0.1, -0.05) is 194 Å². The Labute approximate surface area is 872 Å². The molecule has 10 N–H and O–H groups in total. The first-order valence-corrected chi connectivity index (χ1v) is 53.5. The molecule has 4 aliphatic heterocycles. The van der Waals surface area contributed by atoms with E-state index < -0.39 is 40.4 Å². The van der Waals surface area contributed by atoms with Gasteiger partial charge in [-0.2, -0.15) is 8.42 Å². The molecule has 0 aromatic carbocycles. The van der Waals surface area contributed by atoms with E-state index in [9.17, 15) is 66.0 Å². The zero-order valence-corrected chi connectivity index (χ0v) is 95.6. The summed E-state index contributed by atoms with van der Waals surface area (Å²) in [5.41, 5.74) is 4.85. The van der Waals surface area contributed by atoms with Gasteiger partial charge in [0.1, 0.15) is 51.0 Å². The third-order valence-electron chi connectivity index (χ3n) is 19.0. The van der Waals surface area contributed by atoms with Gasteiger partial charge in [0.25, 0.3) is 10.1 Å². The summed E-state index contributed by atoms with van der Waals surface area (Å²) in [4.78, 5) is 137. The Balaban J connectivity index is -0.000000200. The van der Waals surface area contributed by atoms with Gasteiger partial charge in [0.05, 0.1) is 104 Å². The molecular formula is C106H205N3O35S. The van der Waals surface area contributed by atoms with Crippen LogP contribution < -0.4 is 5.73 Å². The van der Waals surface area contributed by atoms with Crippen LogP contribution >= 0.6 is 0 Å². The van der Waals surface area contributed by atoms with Gasteiger partial charge in [0.15, 0.2) is 40.8 Å². The summed E-state index contributed by atoms with van der Waals surface area (Å²) in [7, 11) is -3.72. The number of rotatable bonds is 52. The van der Waals surface area contributed by atoms with Crippen molar-refractivity contribution in [3.05, 3.63) is 24.2 Å². The molecule has 145 heavy (non-hydrogen) atoms. The van der Waals surface area contributed by atoms with Crippen LogP contribution in [0.5, 0.6) is 0 Å². The number of carbonyl (C=O) groups excluding carboxylic acids is 11. The molecule has 4 aliphatic rings. The molecule has 38 nitrogen and oxygen atoms in total. The van der Waals surface area contributed by atoms with E-state index >= 15 is 0 Å². The number of nitrogens with zero attached hydrogens (tertiary/aromatic N) is 2. The number of furan rings is 1. The molecule has 39 heteroatoms. The zero-order chi connectivity index (χ0) is 114. The molecule has 0 bridgehead atoms. The van der Waals surface area contributed by atoms with Crippen molar-refractivity contribution in [3.63, 3.8) is 0 Å². The van der Waals surface area contributed by atoms with Crippen molar-refractivity contribution in [2.75, 3.05) is 190 Å². The number of esters is 3. The lowest BCUT2D eigenvalue weighted by atomic mass is 9.95. The number of carboxylic acid groups (broad SMARTS) is 1. The summed E-state index contributed by atoms with van der Waals surface area (Å²) in [6, 6.07) is 3.40. The lowest BCUT2D eigenvalue weighted by molar-refractivity contribution is -0.168. The Bertz CT molecular complexity index is 3290. The number of nitrogens with two attached hydrogens (primary N) is 1. The highest BCUT2D eigenvalue weighted by Gasteiger charge is 2.28. The minimum atomic E-state index is -3.72. The van der Waals surface area contributed by atoms with Crippen molar-refractivity contribution < 1.29 is 168 Å². The topological polar surface area (TPSA) is 557 Å². The standard InChI is InChI=1S/C17H29NO7.C9H17NO2.C9H18O3.C8H16O4.2C8H14O2.C8H10O2.C7H14O3.C7H16O.C6H14O2.C5H11NO.C5H10O2.C5H12O.C4H10O3S/c1-3-5-15(19)23-12-14(13-24-16(20)6-4-2)25-17(21)11-18-7-9-22-10-8-18;1-8(2)7-9(11)10-3-5-12-6-4-10;1-4-11-5-6-12-7-9(10)8(2)3;1-6(2)8(11)5-12-7(3-9)4-10;1-6(2)8(9)7-3-4-10-5-7;2*1-6(2)8(9)7-4-3-5-10-7;1-6(2)7(9)5-10-4-3-8;1-4-8-6-5-7(2)3;1-5(2)3-6(8)4-7;2*1-4(2)3-5(6)7;1-5(2)3-4-6;1-4(2)3-8(5,6)7/h14H,3-13H2,1-2H3;8H,3-7H2,1-2H3;8H,4-7H2,1-3H3;6-7,9-10H,3-5H2,1-2H3;2*6-7H,3-5H2,1-2H3;3-6H,1-2H3;6,8H,3-5H2,1-2H3;7H,4-6H2,1-3H3;5-8H,3-4H2,1-2H3;4H,3H2,1-2H3,(H2,6,7);4H,3H2,1-2H3,(H,6,7);5-6H,3-4H2,1-2H3;4H,3H2,1-2H3,(H,5,6,7). The quantitative estimate of drug-likeness (QED) is 0.00961. The maximum atomic E-state index is 12.1. The molecule has 0 saturated carbocycles. The molecule has 2 amide bonds. The van der Waals surface area contributed by atoms with Crippen LogP contribution in [-0.4, -0.2) is 344 Å². The summed E-state index contributed by atoms with van der Waals surface area (Å²) < 4.78 is 94.3. The van der Waals surface area contributed by atoms with E-state index in [0.717, 1.165) is 71.1 Å². The lowest BCUT2D eigenvalue weighted by Crippen LogP contribution is -2.41. The van der Waals surface area contributed by atoms with Crippen LogP contribution in [-0.2, 0) is 120 Å². The lowest BCUT2D eigenvalue weighted by Gasteiger charge is -2.27. The molecule has 0 aliphatic carbocycles. The summed E-state index contributed by atoms with van der Waals surface area (Å²) in [5.74, 6) is 2.94. The van der Waals surface area contributed by atoms with E-state index in [1.807, 2.05) is 148 Å². The first kappa shape index (κ1) is 156. The fourth-order valence-electron chi connectivity index (χ4n) is 10.7. The van der Waals surface area contributed by atoms with Crippen LogP contribution in [0, 0.1) is 82.9 Å². The van der Waals surface area contributed by atoms with E-state index in [1.165, 1.54) is 12.7 Å². The smallest absolute Gasteiger partial charge is 0.320 e. The Kier molecular flexibility index (Phi) is 112. The largest absolute Gasteiger partial charge is 0.481 e. The number of carboxylic acids is 1. The molecule has 5 heterocycles. The maximum absolute atomic E-state index is 12.1. The second kappa shape index (κ2) is 104. The van der Waals surface area contributed by atoms with Crippen LogP contribution in [0.25, 0.3) is 0 Å². The number of ether oxygens (including phenoxy) is 12. The third kappa shape index (κ3) is 118. The fraction of sp³-hybridized carbons (Fsp3) is 0.849. The highest BCUT2D eigenvalue weighted by molar-refractivity contribution is 7.85. The maximum Gasteiger partial charge on any atom is 0.320 e. The molecule has 5 rings (SSSR count). The number of aliphatic carboxylic acids is 1. The summed E-state index contributed by atoms with van der Waals surface area (Å²) in [6.45, 7) is 69.3. The van der Waals surface area contributed by atoms with Crippen molar-refractivity contribution in [3.8, 4) is 0 Å². The molecule has 1 aromatic heterocycles. The molecule has 1 aromatic rings. The van der Waals surface area contributed by atoms with Crippen LogP contribution in [0.15, 0.2) is 22.8 Å². The molecule has 3 atom stereocenters. The van der Waals surface area contributed by atoms with Crippen molar-refractivity contribution in [1.29, 1.82) is 0 Å². The number of carbonyl (C=O) groups is 12. The SMILES string of the molecule is CC(C)C(=O)C1CCCO1.CC(C)C(=O)C1CCOC1.CC(C)C(=O)COC(CO)CO.CC(C)C(=O)COCCO.CC(C)C(=O)c1ccco1.CC(C)CC(=O)N1CCOCC1.CC(C)CC(=O)O.CC(C)CC(N)=O.CC(C)CC(O)CO.CC(C)CCO.CC(C)CS(=O)(=O)O.CCCC(=O)OCC(COC(=O)CCC)OC(=O)CN1CCOCC1.CCOCCC(C)C.CCOCCOCC(=O)C(C)C. The average Bonchev–Trinajstić information content (AvgIpc) is 1.80. The monoisotopic (exact) mass is 2110 g/mol. The first-order valence-electron chi connectivity index (χ1n) is 51.9. The summed E-state index contributed by atoms with van der Waals surface area (Å²) in [5, 5.41) is 58.9. The molecular weight excluding hydrogens is 1910 g/mol. The number of hydrogen-bond acceptors (Lipinski definition) is 34. The minimum absolute atomic E-state index is 0.00463. The van der Waals surface area contributed by atoms with E-state index in [4.69, 9.17) is 107 Å². The van der Waals surface area contributed by atoms with E-state index in [1.54, 1.807) is 39.8 Å². The van der Waals surface area contributed by atoms with Gasteiger partial charge in [-0.15, -0.1) is 0 Å². The highest BCUT2D eigenvalue weighted by Crippen LogP contribution is 2.19. The Morgan fingerprint density at radius 2 is 0.938 bits per heavy atom. The van der Waals surface area contributed by atoms with E-state index in [0.29, 0.717) is 153 Å². The van der Waals surface area contributed by atoms with Gasteiger partial charge in [-0.3, -0.25) is 67.0 Å². The van der Waals surface area contributed by atoms with Crippen molar-refractivity contribution in [2.45, 2.75) is 316 Å². The third-order valence-corrected chi connectivity index (χ3v) is 20.1. The average molecular weight is 2110 g/mol. The van der Waals surface area contributed by atoms with Crippen LogP contribution in [0.3, 0.4) is 0 Å². The Morgan fingerprint density at radius 1 is 0.476 bits per heavy atom. The number of primary amides is 1. The van der Waals surface area contributed by atoms with E-state index in [2.05, 4.69) is 41.5 Å². The molecule has 3 unspecified atom stereocenters. The van der Waals surface area contributed by atoms with Gasteiger partial charge in [0.2, 0.25) is 11.8 Å². The normalized spacial score (nSPS) is 14.3. The van der Waals surface area contributed by atoms with Gasteiger partial charge in [-0.25, -0.2) is 0 Å². The van der Waals surface area contributed by atoms with Gasteiger partial charge >= 0.3 is 23.9 Å². The van der Waals surface area contributed by atoms with Gasteiger partial charge in [-0.05, 0) is 119 Å². The number of ketones is 6. The number of Topliss-reactive ketones (excluding diaryl/α,β-unsaturated/α-hetero) is 6. The van der Waals surface area contributed by atoms with Crippen molar-refractivity contribution in [1.82, 2.24) is 9.80 Å². The van der Waals surface area contributed by atoms with Crippen LogP contribution in [0.2, 0.25) is 0 Å². The number of aliphatic hydroxyl groups is 6. The van der Waals surface area contributed by atoms with Crippen LogP contribution in [0.1, 0.15) is 302 Å². The molecule has 0 spiro atoms. The minimum Gasteiger partial charge on any atom is -0.481 e. The number of amides is 2. The molecule has 860 valence electrons. The van der Waals surface area contributed by atoms with Gasteiger partial charge < -0.3 is 108 Å². The molecule has 4 fully saturated rings. The number of hydrogen-bond donors (Lipinski definition) is 9. The number of morpholine rings is 2. The highest BCUT2D eigenvalue weighted by atomic mass is 32.2. The fourth-order valence-corrected chi connectivity index (χ4v) is 11.5. The predicted octanol–water partition coefficient (Wildman–Crippen LogP) is 13.3. The van der Waals surface area contributed by atoms with Gasteiger partial charge in [0, 0.05) is 139 Å². The second-order valence-corrected chi connectivity index (χ2v) is 40.8. The predicted molar refractivity (Wildman–Crippen MR) is 562 cm³/mol. The summed E-state index contributed by atoms with van der Waals surface area (Å²) in [6.07, 6.45) is 8.57. The Hall–Kier alpha value is -6.61.